The van der Waals surface area contributed by atoms with Gasteiger partial charge in [-0.2, -0.15) is 0 Å². The summed E-state index contributed by atoms with van der Waals surface area (Å²) >= 11 is 0. The summed E-state index contributed by atoms with van der Waals surface area (Å²) < 4.78 is 15.5. The maximum absolute atomic E-state index is 12.1. The summed E-state index contributed by atoms with van der Waals surface area (Å²) in [6, 6.07) is 0. The van der Waals surface area contributed by atoms with E-state index in [1.807, 2.05) is 18.2 Å². The Hall–Kier alpha value is -1.88. The van der Waals surface area contributed by atoms with Gasteiger partial charge in [-0.1, -0.05) is 37.6 Å². The van der Waals surface area contributed by atoms with Crippen molar-refractivity contribution in [1.29, 1.82) is 0 Å². The second-order valence-corrected chi connectivity index (χ2v) is 7.13. The van der Waals surface area contributed by atoms with Crippen LogP contribution < -0.4 is 0 Å². The first kappa shape index (κ1) is 20.4. The van der Waals surface area contributed by atoms with Gasteiger partial charge < -0.3 is 14.2 Å². The van der Waals surface area contributed by atoms with Crippen molar-refractivity contribution in [3.8, 4) is 0 Å². The van der Waals surface area contributed by atoms with Crippen molar-refractivity contribution in [2.75, 3.05) is 14.2 Å². The summed E-state index contributed by atoms with van der Waals surface area (Å²) in [5, 5.41) is 0. The highest BCUT2D eigenvalue weighted by atomic mass is 16.6. The molecule has 0 aromatic carbocycles. The van der Waals surface area contributed by atoms with Crippen molar-refractivity contribution in [3.63, 3.8) is 0 Å². The number of allylic oxidation sites excluding steroid dienone is 4. The van der Waals surface area contributed by atoms with E-state index in [2.05, 4.69) is 13.8 Å². The summed E-state index contributed by atoms with van der Waals surface area (Å²) in [4.78, 5) is 24.1. The predicted octanol–water partition coefficient (Wildman–Crippen LogP) is 3.89. The minimum Gasteiger partial charge on any atom is -0.466 e. The summed E-state index contributed by atoms with van der Waals surface area (Å²) in [5.74, 6) is -0.226. The number of rotatable bonds is 3. The number of esters is 2. The van der Waals surface area contributed by atoms with Gasteiger partial charge in [0.1, 0.15) is 0 Å². The van der Waals surface area contributed by atoms with Gasteiger partial charge in [-0.15, -0.1) is 0 Å². The minimum atomic E-state index is -0.288. The van der Waals surface area contributed by atoms with Crippen molar-refractivity contribution >= 4 is 11.9 Å². The average molecular weight is 362 g/mol. The van der Waals surface area contributed by atoms with Crippen molar-refractivity contribution < 1.29 is 23.8 Å². The Kier molecular flexibility index (Phi) is 7.64. The summed E-state index contributed by atoms with van der Waals surface area (Å²) in [7, 11) is 2.82. The van der Waals surface area contributed by atoms with Crippen LogP contribution in [0.25, 0.3) is 0 Å². The van der Waals surface area contributed by atoms with Crippen LogP contribution in [0, 0.1) is 5.92 Å². The normalized spacial score (nSPS) is 24.4. The van der Waals surface area contributed by atoms with Crippen LogP contribution in [0.5, 0.6) is 0 Å². The Balaban J connectivity index is 2.26. The van der Waals surface area contributed by atoms with Gasteiger partial charge in [-0.05, 0) is 44.4 Å². The van der Waals surface area contributed by atoms with E-state index in [-0.39, 0.29) is 24.1 Å². The molecule has 144 valence electrons. The fraction of sp³-hybridized carbons (Fsp3) is 0.619. The van der Waals surface area contributed by atoms with Gasteiger partial charge in [0.15, 0.2) is 0 Å². The number of carbonyl (C=O) groups excluding carboxylic acids is 2. The maximum atomic E-state index is 12.1. The van der Waals surface area contributed by atoms with Crippen LogP contribution in [0.3, 0.4) is 0 Å². The smallest absolute Gasteiger partial charge is 0.333 e. The molecule has 1 heterocycles. The molecule has 0 radical (unpaired) electrons. The zero-order valence-electron chi connectivity index (χ0n) is 16.2. The molecule has 0 unspecified atom stereocenters. The molecular formula is C21H30O5. The molecule has 0 amide bonds. The van der Waals surface area contributed by atoms with Crippen molar-refractivity contribution in [2.45, 2.75) is 64.6 Å². The molecule has 2 aliphatic rings. The SMILES string of the molecule is COC(=O)C1=CCC[C@@H]2O[C@H]2CCC(C(=O)OC)=CC=C(C(C)C)CC1. The first-order chi connectivity index (χ1) is 12.5. The summed E-state index contributed by atoms with van der Waals surface area (Å²) in [6.07, 6.45) is 10.8. The molecule has 5 heteroatoms. The molecule has 5 nitrogen and oxygen atoms in total. The number of methoxy groups -OCH3 is 2. The maximum Gasteiger partial charge on any atom is 0.333 e. The lowest BCUT2D eigenvalue weighted by molar-refractivity contribution is -0.137. The average Bonchev–Trinajstić information content (AvgIpc) is 3.38. The third-order valence-corrected chi connectivity index (χ3v) is 5.05. The van der Waals surface area contributed by atoms with E-state index in [0.717, 1.165) is 25.7 Å². The van der Waals surface area contributed by atoms with Gasteiger partial charge in [0, 0.05) is 11.1 Å². The van der Waals surface area contributed by atoms with Gasteiger partial charge in [-0.25, -0.2) is 9.59 Å². The Morgan fingerprint density at radius 2 is 1.62 bits per heavy atom. The molecule has 0 N–H and O–H groups in total. The van der Waals surface area contributed by atoms with Gasteiger partial charge in [0.05, 0.1) is 26.4 Å². The molecule has 1 saturated heterocycles. The molecule has 0 aromatic rings. The minimum absolute atomic E-state index is 0.189. The monoisotopic (exact) mass is 362 g/mol. The highest BCUT2D eigenvalue weighted by Crippen LogP contribution is 2.32. The number of hydrogen-bond acceptors (Lipinski definition) is 5. The van der Waals surface area contributed by atoms with Gasteiger partial charge >= 0.3 is 11.9 Å². The lowest BCUT2D eigenvalue weighted by atomic mass is 9.93. The number of epoxide rings is 1. The lowest BCUT2D eigenvalue weighted by Gasteiger charge is -2.13. The molecule has 2 rings (SSSR count). The molecule has 1 aliphatic carbocycles. The molecule has 26 heavy (non-hydrogen) atoms. The Bertz CT molecular complexity index is 612. The molecule has 1 fully saturated rings. The van der Waals surface area contributed by atoms with Crippen molar-refractivity contribution in [2.24, 2.45) is 5.92 Å². The van der Waals surface area contributed by atoms with Crippen LogP contribution in [0.4, 0.5) is 0 Å². The number of fused-ring (bicyclic) bond motifs is 1. The van der Waals surface area contributed by atoms with E-state index in [1.54, 1.807) is 0 Å². The first-order valence-electron chi connectivity index (χ1n) is 9.37. The molecule has 0 spiro atoms. The molecule has 2 atom stereocenters. The lowest BCUT2D eigenvalue weighted by Crippen LogP contribution is -2.08. The first-order valence-corrected chi connectivity index (χ1v) is 9.37. The molecule has 0 aromatic heterocycles. The molecular weight excluding hydrogens is 332 g/mol. The van der Waals surface area contributed by atoms with E-state index in [9.17, 15) is 9.59 Å². The zero-order chi connectivity index (χ0) is 19.1. The zero-order valence-corrected chi connectivity index (χ0v) is 16.2. The van der Waals surface area contributed by atoms with E-state index in [1.165, 1.54) is 19.8 Å². The standard InChI is InChI=1S/C21H30O5/c1-14(2)15-8-10-16(20(22)24-3)6-5-7-18-19(26-18)13-12-17(11-9-15)21(23)25-4/h6,9,11,14,18-19H,5,7-8,10,12-13H2,1-4H3/t18-,19-/m0/s1. The molecule has 0 bridgehead atoms. The topological polar surface area (TPSA) is 65.1 Å². The Labute approximate surface area is 156 Å². The van der Waals surface area contributed by atoms with E-state index in [0.29, 0.717) is 29.9 Å². The van der Waals surface area contributed by atoms with Crippen molar-refractivity contribution in [1.82, 2.24) is 0 Å². The van der Waals surface area contributed by atoms with Crippen LogP contribution in [-0.2, 0) is 23.8 Å². The van der Waals surface area contributed by atoms with E-state index < -0.39 is 0 Å². The van der Waals surface area contributed by atoms with Crippen LogP contribution in [0.2, 0.25) is 0 Å². The van der Waals surface area contributed by atoms with Crippen LogP contribution in [-0.4, -0.2) is 38.4 Å². The van der Waals surface area contributed by atoms with Crippen LogP contribution >= 0.6 is 0 Å². The molecule has 1 aliphatic heterocycles. The third-order valence-electron chi connectivity index (χ3n) is 5.05. The predicted molar refractivity (Wildman–Crippen MR) is 99.5 cm³/mol. The number of carbonyl (C=O) groups is 2. The Morgan fingerprint density at radius 3 is 2.27 bits per heavy atom. The fourth-order valence-electron chi connectivity index (χ4n) is 3.26. The van der Waals surface area contributed by atoms with Gasteiger partial charge in [-0.3, -0.25) is 0 Å². The van der Waals surface area contributed by atoms with Crippen molar-refractivity contribution in [3.05, 3.63) is 34.9 Å². The Morgan fingerprint density at radius 1 is 0.962 bits per heavy atom. The quantitative estimate of drug-likeness (QED) is 0.563. The van der Waals surface area contributed by atoms with Crippen LogP contribution in [0.15, 0.2) is 34.9 Å². The molecule has 0 saturated carbocycles. The van der Waals surface area contributed by atoms with Gasteiger partial charge in [0.2, 0.25) is 0 Å². The number of hydrogen-bond donors (Lipinski definition) is 0. The fourth-order valence-corrected chi connectivity index (χ4v) is 3.26. The second-order valence-electron chi connectivity index (χ2n) is 7.13. The summed E-state index contributed by atoms with van der Waals surface area (Å²) in [5.41, 5.74) is 2.57. The number of ether oxygens (including phenoxy) is 3. The van der Waals surface area contributed by atoms with E-state index in [4.69, 9.17) is 14.2 Å². The van der Waals surface area contributed by atoms with E-state index >= 15 is 0 Å². The highest BCUT2D eigenvalue weighted by Gasteiger charge is 2.37. The largest absolute Gasteiger partial charge is 0.466 e. The third kappa shape index (κ3) is 5.84. The highest BCUT2D eigenvalue weighted by molar-refractivity contribution is 5.89. The second kappa shape index (κ2) is 9.72. The van der Waals surface area contributed by atoms with Gasteiger partial charge in [0.25, 0.3) is 0 Å². The summed E-state index contributed by atoms with van der Waals surface area (Å²) in [6.45, 7) is 4.23. The van der Waals surface area contributed by atoms with Crippen LogP contribution in [0.1, 0.15) is 52.4 Å².